The lowest BCUT2D eigenvalue weighted by atomic mass is 9.95. The largest absolute Gasteiger partial charge is 0.480 e. The molecule has 1 N–H and O–H groups in total. The molecule has 0 aromatic rings. The zero-order valence-electron chi connectivity index (χ0n) is 9.73. The molecule has 0 bridgehead atoms. The van der Waals surface area contributed by atoms with Crippen molar-refractivity contribution in [2.24, 2.45) is 5.92 Å². The molecule has 2 heterocycles. The molecule has 2 aliphatic heterocycles. The highest BCUT2D eigenvalue weighted by Gasteiger charge is 2.30. The van der Waals surface area contributed by atoms with Gasteiger partial charge in [0.15, 0.2) is 0 Å². The maximum absolute atomic E-state index is 11.1. The number of rotatable bonds is 3. The summed E-state index contributed by atoms with van der Waals surface area (Å²) in [6.07, 6.45) is 5.19. The monoisotopic (exact) mass is 227 g/mol. The summed E-state index contributed by atoms with van der Waals surface area (Å²) in [4.78, 5) is 13.3. The Morgan fingerprint density at radius 3 is 2.69 bits per heavy atom. The summed E-state index contributed by atoms with van der Waals surface area (Å²) in [7, 11) is 0. The minimum Gasteiger partial charge on any atom is -0.480 e. The van der Waals surface area contributed by atoms with Gasteiger partial charge in [0.1, 0.15) is 6.04 Å². The molecule has 0 spiro atoms. The molecule has 4 heteroatoms. The van der Waals surface area contributed by atoms with Gasteiger partial charge in [0, 0.05) is 19.8 Å². The fourth-order valence-corrected chi connectivity index (χ4v) is 2.75. The fraction of sp³-hybridized carbons (Fsp3) is 0.917. The van der Waals surface area contributed by atoms with Gasteiger partial charge in [-0.25, -0.2) is 0 Å². The van der Waals surface area contributed by atoms with Gasteiger partial charge < -0.3 is 9.84 Å². The first kappa shape index (κ1) is 11.9. The third kappa shape index (κ3) is 2.95. The molecule has 0 radical (unpaired) electrons. The van der Waals surface area contributed by atoms with Crippen LogP contribution < -0.4 is 0 Å². The van der Waals surface area contributed by atoms with Gasteiger partial charge in [0.25, 0.3) is 0 Å². The molecule has 1 atom stereocenters. The summed E-state index contributed by atoms with van der Waals surface area (Å²) < 4.78 is 5.33. The normalized spacial score (nSPS) is 29.1. The Hall–Kier alpha value is -0.610. The zero-order chi connectivity index (χ0) is 11.4. The molecule has 2 saturated heterocycles. The predicted octanol–water partition coefficient (Wildman–Crippen LogP) is 1.35. The van der Waals surface area contributed by atoms with Crippen LogP contribution in [0, 0.1) is 5.92 Å². The quantitative estimate of drug-likeness (QED) is 0.790. The Morgan fingerprint density at radius 2 is 2.00 bits per heavy atom. The second-order valence-electron chi connectivity index (χ2n) is 4.90. The van der Waals surface area contributed by atoms with E-state index in [2.05, 4.69) is 4.90 Å². The standard InChI is InChI=1S/C12H21NO3/c14-12(15)11-3-1-2-6-13(11)9-10-4-7-16-8-5-10/h10-11H,1-9H2,(H,14,15). The van der Waals surface area contributed by atoms with Crippen LogP contribution in [0.3, 0.4) is 0 Å². The van der Waals surface area contributed by atoms with Gasteiger partial charge in [-0.05, 0) is 38.1 Å². The van der Waals surface area contributed by atoms with E-state index in [1.54, 1.807) is 0 Å². The van der Waals surface area contributed by atoms with Gasteiger partial charge in [0.2, 0.25) is 0 Å². The minimum atomic E-state index is -0.647. The number of hydrogen-bond acceptors (Lipinski definition) is 3. The van der Waals surface area contributed by atoms with E-state index in [1.807, 2.05) is 0 Å². The number of nitrogens with zero attached hydrogens (tertiary/aromatic N) is 1. The van der Waals surface area contributed by atoms with Crippen molar-refractivity contribution in [2.75, 3.05) is 26.3 Å². The zero-order valence-corrected chi connectivity index (χ0v) is 9.73. The Bertz CT molecular complexity index is 238. The highest BCUT2D eigenvalue weighted by Crippen LogP contribution is 2.22. The molecule has 0 amide bonds. The summed E-state index contributed by atoms with van der Waals surface area (Å²) >= 11 is 0. The Labute approximate surface area is 96.6 Å². The molecule has 4 nitrogen and oxygen atoms in total. The van der Waals surface area contributed by atoms with Crippen LogP contribution in [0.5, 0.6) is 0 Å². The molecule has 92 valence electrons. The number of carboxylic acids is 1. The highest BCUT2D eigenvalue weighted by atomic mass is 16.5. The first-order valence-corrected chi connectivity index (χ1v) is 6.32. The molecule has 2 fully saturated rings. The van der Waals surface area contributed by atoms with Crippen LogP contribution in [-0.4, -0.2) is 48.3 Å². The number of aliphatic carboxylic acids is 1. The number of carbonyl (C=O) groups is 1. The third-order valence-corrected chi connectivity index (χ3v) is 3.73. The number of carboxylic acid groups (broad SMARTS) is 1. The molecular weight excluding hydrogens is 206 g/mol. The summed E-state index contributed by atoms with van der Waals surface area (Å²) in [5, 5.41) is 9.17. The van der Waals surface area contributed by atoms with E-state index >= 15 is 0 Å². The SMILES string of the molecule is O=C(O)C1CCCCN1CC1CCOCC1. The van der Waals surface area contributed by atoms with Crippen LogP contribution in [0.4, 0.5) is 0 Å². The van der Waals surface area contributed by atoms with Crippen LogP contribution in [0.2, 0.25) is 0 Å². The van der Waals surface area contributed by atoms with Crippen LogP contribution in [0.1, 0.15) is 32.1 Å². The molecule has 2 rings (SSSR count). The Balaban J connectivity index is 1.87. The number of ether oxygens (including phenoxy) is 1. The summed E-state index contributed by atoms with van der Waals surface area (Å²) in [5.74, 6) is -0.0135. The lowest BCUT2D eigenvalue weighted by Crippen LogP contribution is -2.47. The summed E-state index contributed by atoms with van der Waals surface area (Å²) in [6.45, 7) is 3.58. The first-order chi connectivity index (χ1) is 7.77. The number of hydrogen-bond donors (Lipinski definition) is 1. The van der Waals surface area contributed by atoms with Gasteiger partial charge in [-0.2, -0.15) is 0 Å². The third-order valence-electron chi connectivity index (χ3n) is 3.73. The van der Waals surface area contributed by atoms with Gasteiger partial charge in [-0.3, -0.25) is 9.69 Å². The lowest BCUT2D eigenvalue weighted by Gasteiger charge is -2.36. The summed E-state index contributed by atoms with van der Waals surface area (Å²) in [5.41, 5.74) is 0. The average Bonchev–Trinajstić information content (AvgIpc) is 2.31. The molecule has 0 aromatic carbocycles. The van der Waals surface area contributed by atoms with Crippen LogP contribution in [0.25, 0.3) is 0 Å². The van der Waals surface area contributed by atoms with Crippen molar-refractivity contribution in [3.63, 3.8) is 0 Å². The Kier molecular flexibility index (Phi) is 4.18. The van der Waals surface area contributed by atoms with E-state index in [-0.39, 0.29) is 6.04 Å². The van der Waals surface area contributed by atoms with Crippen LogP contribution >= 0.6 is 0 Å². The molecule has 0 saturated carbocycles. The highest BCUT2D eigenvalue weighted by molar-refractivity contribution is 5.73. The van der Waals surface area contributed by atoms with E-state index in [9.17, 15) is 9.90 Å². The summed E-state index contributed by atoms with van der Waals surface area (Å²) in [6, 6.07) is -0.239. The fourth-order valence-electron chi connectivity index (χ4n) is 2.75. The maximum Gasteiger partial charge on any atom is 0.320 e. The second kappa shape index (κ2) is 5.64. The van der Waals surface area contributed by atoms with Gasteiger partial charge in [-0.15, -0.1) is 0 Å². The van der Waals surface area contributed by atoms with Crippen LogP contribution in [0.15, 0.2) is 0 Å². The van der Waals surface area contributed by atoms with Crippen molar-refractivity contribution < 1.29 is 14.6 Å². The predicted molar refractivity (Wildman–Crippen MR) is 60.4 cm³/mol. The topological polar surface area (TPSA) is 49.8 Å². The van der Waals surface area contributed by atoms with Crippen molar-refractivity contribution in [3.8, 4) is 0 Å². The molecule has 0 aromatic heterocycles. The van der Waals surface area contributed by atoms with E-state index < -0.39 is 5.97 Å². The second-order valence-corrected chi connectivity index (χ2v) is 4.90. The number of likely N-dealkylation sites (tertiary alicyclic amines) is 1. The minimum absolute atomic E-state index is 0.239. The molecule has 2 aliphatic rings. The molecular formula is C12H21NO3. The van der Waals surface area contributed by atoms with E-state index in [0.717, 1.165) is 58.4 Å². The van der Waals surface area contributed by atoms with Crippen molar-refractivity contribution >= 4 is 5.97 Å². The van der Waals surface area contributed by atoms with Gasteiger partial charge >= 0.3 is 5.97 Å². The van der Waals surface area contributed by atoms with Crippen molar-refractivity contribution in [1.29, 1.82) is 0 Å². The maximum atomic E-state index is 11.1. The van der Waals surface area contributed by atoms with E-state index in [0.29, 0.717) is 5.92 Å². The van der Waals surface area contributed by atoms with Gasteiger partial charge in [0.05, 0.1) is 0 Å². The average molecular weight is 227 g/mol. The van der Waals surface area contributed by atoms with E-state index in [1.165, 1.54) is 0 Å². The Morgan fingerprint density at radius 1 is 1.25 bits per heavy atom. The smallest absolute Gasteiger partial charge is 0.320 e. The van der Waals surface area contributed by atoms with Crippen molar-refractivity contribution in [1.82, 2.24) is 4.90 Å². The van der Waals surface area contributed by atoms with Crippen molar-refractivity contribution in [2.45, 2.75) is 38.1 Å². The lowest BCUT2D eigenvalue weighted by molar-refractivity contribution is -0.145. The van der Waals surface area contributed by atoms with E-state index in [4.69, 9.17) is 4.74 Å². The van der Waals surface area contributed by atoms with Gasteiger partial charge in [-0.1, -0.05) is 6.42 Å². The molecule has 16 heavy (non-hydrogen) atoms. The van der Waals surface area contributed by atoms with Crippen LogP contribution in [-0.2, 0) is 9.53 Å². The molecule has 1 unspecified atom stereocenters. The molecule has 0 aliphatic carbocycles. The number of piperidine rings is 1. The first-order valence-electron chi connectivity index (χ1n) is 6.32. The van der Waals surface area contributed by atoms with Crippen molar-refractivity contribution in [3.05, 3.63) is 0 Å².